The van der Waals surface area contributed by atoms with Crippen molar-refractivity contribution in [3.05, 3.63) is 88.7 Å². The number of thioether (sulfide) groups is 1. The molecule has 0 saturated carbocycles. The van der Waals surface area contributed by atoms with Gasteiger partial charge in [-0.1, -0.05) is 24.3 Å². The summed E-state index contributed by atoms with van der Waals surface area (Å²) >= 11 is 1.61. The van der Waals surface area contributed by atoms with Crippen LogP contribution in [-0.2, 0) is 11.2 Å². The number of aryl methyl sites for hydroxylation is 2. The number of rotatable bonds is 9. The molecule has 0 unspecified atom stereocenters. The van der Waals surface area contributed by atoms with Crippen molar-refractivity contribution in [2.24, 2.45) is 11.8 Å². The SMILES string of the molecule is CSc1ccc(C(=O)[C@H]2CN(C(=O)Oc3ccc(F)cc3)C[C@@H]2Cc2cc(C)c(OC(C)(C)C(C)=O)c(C)c2)cc1. The van der Waals surface area contributed by atoms with Gasteiger partial charge in [0.1, 0.15) is 17.3 Å². The maximum Gasteiger partial charge on any atom is 0.415 e. The number of benzene rings is 3. The van der Waals surface area contributed by atoms with Crippen LogP contribution in [0.2, 0.25) is 0 Å². The number of ether oxygens (including phenoxy) is 2. The van der Waals surface area contributed by atoms with E-state index in [9.17, 15) is 18.8 Å². The third-order valence-electron chi connectivity index (χ3n) is 7.65. The predicted octanol–water partition coefficient (Wildman–Crippen LogP) is 7.08. The van der Waals surface area contributed by atoms with E-state index in [0.717, 1.165) is 21.6 Å². The van der Waals surface area contributed by atoms with E-state index in [-0.39, 0.29) is 29.8 Å². The zero-order valence-corrected chi connectivity index (χ0v) is 25.1. The van der Waals surface area contributed by atoms with Crippen molar-refractivity contribution in [2.75, 3.05) is 19.3 Å². The molecule has 1 aliphatic heterocycles. The first kappa shape index (κ1) is 30.3. The second kappa shape index (κ2) is 12.5. The third kappa shape index (κ3) is 7.17. The fraction of sp³-hybridized carbons (Fsp3) is 0.364. The maximum absolute atomic E-state index is 13.7. The lowest BCUT2D eigenvalue weighted by Gasteiger charge is -2.26. The molecule has 1 amide bonds. The molecule has 0 aromatic heterocycles. The minimum Gasteiger partial charge on any atom is -0.480 e. The molecule has 216 valence electrons. The van der Waals surface area contributed by atoms with Crippen LogP contribution in [0.5, 0.6) is 11.5 Å². The molecule has 0 aliphatic carbocycles. The zero-order valence-electron chi connectivity index (χ0n) is 24.3. The molecule has 3 aromatic carbocycles. The first-order valence-corrected chi connectivity index (χ1v) is 14.8. The maximum atomic E-state index is 13.7. The van der Waals surface area contributed by atoms with E-state index in [4.69, 9.17) is 9.47 Å². The van der Waals surface area contributed by atoms with Crippen molar-refractivity contribution in [1.29, 1.82) is 0 Å². The van der Waals surface area contributed by atoms with Gasteiger partial charge >= 0.3 is 6.09 Å². The van der Waals surface area contributed by atoms with Crippen molar-refractivity contribution in [1.82, 2.24) is 4.90 Å². The summed E-state index contributed by atoms with van der Waals surface area (Å²) in [5, 5.41) is 0. The topological polar surface area (TPSA) is 72.9 Å². The van der Waals surface area contributed by atoms with E-state index in [0.29, 0.717) is 24.3 Å². The quantitative estimate of drug-likeness (QED) is 0.200. The Bertz CT molecular complexity index is 1410. The molecule has 0 N–H and O–H groups in total. The van der Waals surface area contributed by atoms with Gasteiger partial charge < -0.3 is 14.4 Å². The normalized spacial score (nSPS) is 16.9. The number of amides is 1. The fourth-order valence-corrected chi connectivity index (χ4v) is 5.52. The highest BCUT2D eigenvalue weighted by molar-refractivity contribution is 7.98. The standard InChI is InChI=1S/C33H36FNO5S/c1-20-15-23(16-21(2)31(20)40-33(4,5)22(3)36)17-25-18-35(32(38)39-27-11-9-26(34)10-12-27)19-29(25)30(37)24-7-13-28(41-6)14-8-24/h7-16,25,29H,17-19H2,1-6H3/t25-,29-/m0/s1. The lowest BCUT2D eigenvalue weighted by molar-refractivity contribution is -0.129. The van der Waals surface area contributed by atoms with Gasteiger partial charge in [0.15, 0.2) is 17.2 Å². The zero-order chi connectivity index (χ0) is 29.9. The summed E-state index contributed by atoms with van der Waals surface area (Å²) in [6, 6.07) is 16.8. The minimum absolute atomic E-state index is 0.0173. The van der Waals surface area contributed by atoms with Crippen LogP contribution in [0.25, 0.3) is 0 Å². The highest BCUT2D eigenvalue weighted by atomic mass is 32.2. The molecule has 0 spiro atoms. The average molecular weight is 578 g/mol. The fourth-order valence-electron chi connectivity index (χ4n) is 5.11. The highest BCUT2D eigenvalue weighted by Gasteiger charge is 2.40. The van der Waals surface area contributed by atoms with E-state index in [1.54, 1.807) is 30.5 Å². The summed E-state index contributed by atoms with van der Waals surface area (Å²) in [5.41, 5.74) is 2.47. The first-order valence-electron chi connectivity index (χ1n) is 13.6. The Morgan fingerprint density at radius 3 is 2.15 bits per heavy atom. The van der Waals surface area contributed by atoms with Crippen LogP contribution in [0.1, 0.15) is 47.8 Å². The average Bonchev–Trinajstić information content (AvgIpc) is 3.35. The highest BCUT2D eigenvalue weighted by Crippen LogP contribution is 2.34. The summed E-state index contributed by atoms with van der Waals surface area (Å²) in [6.07, 6.45) is 1.98. The van der Waals surface area contributed by atoms with Gasteiger partial charge in [0, 0.05) is 29.5 Å². The van der Waals surface area contributed by atoms with E-state index < -0.39 is 23.4 Å². The molecule has 6 nitrogen and oxygen atoms in total. The van der Waals surface area contributed by atoms with Crippen molar-refractivity contribution < 1.29 is 28.2 Å². The smallest absolute Gasteiger partial charge is 0.415 e. The molecular weight excluding hydrogens is 541 g/mol. The van der Waals surface area contributed by atoms with E-state index >= 15 is 0 Å². The number of carbonyl (C=O) groups excluding carboxylic acids is 3. The lowest BCUT2D eigenvalue weighted by atomic mass is 9.84. The molecule has 1 aliphatic rings. The van der Waals surface area contributed by atoms with Crippen LogP contribution in [0.3, 0.4) is 0 Å². The molecule has 41 heavy (non-hydrogen) atoms. The van der Waals surface area contributed by atoms with Crippen molar-refractivity contribution in [2.45, 2.75) is 51.5 Å². The Labute approximate surface area is 245 Å². The second-order valence-electron chi connectivity index (χ2n) is 11.1. The molecule has 3 aromatic rings. The minimum atomic E-state index is -0.947. The number of nitrogens with zero attached hydrogens (tertiary/aromatic N) is 1. The summed E-state index contributed by atoms with van der Waals surface area (Å²) < 4.78 is 24.9. The first-order chi connectivity index (χ1) is 19.4. The number of halogens is 1. The largest absolute Gasteiger partial charge is 0.480 e. The Morgan fingerprint density at radius 1 is 0.976 bits per heavy atom. The van der Waals surface area contributed by atoms with E-state index in [2.05, 4.69) is 0 Å². The van der Waals surface area contributed by atoms with Crippen LogP contribution in [0.15, 0.2) is 65.6 Å². The predicted molar refractivity (Wildman–Crippen MR) is 159 cm³/mol. The molecule has 4 rings (SSSR count). The molecule has 1 saturated heterocycles. The van der Waals surface area contributed by atoms with E-state index in [1.807, 2.05) is 56.5 Å². The van der Waals surface area contributed by atoms with Crippen LogP contribution < -0.4 is 9.47 Å². The number of hydrogen-bond acceptors (Lipinski definition) is 6. The van der Waals surface area contributed by atoms with Gasteiger partial charge in [-0.05, 0) is 106 Å². The van der Waals surface area contributed by atoms with Crippen molar-refractivity contribution in [3.8, 4) is 11.5 Å². The Kier molecular flexibility index (Phi) is 9.22. The number of hydrogen-bond donors (Lipinski definition) is 0. The van der Waals surface area contributed by atoms with Gasteiger partial charge in [0.2, 0.25) is 0 Å². The van der Waals surface area contributed by atoms with Crippen molar-refractivity contribution >= 4 is 29.4 Å². The molecule has 8 heteroatoms. The summed E-state index contributed by atoms with van der Waals surface area (Å²) in [5.74, 6) is -0.165. The van der Waals surface area contributed by atoms with E-state index in [1.165, 1.54) is 31.2 Å². The van der Waals surface area contributed by atoms with Crippen molar-refractivity contribution in [3.63, 3.8) is 0 Å². The number of ketones is 2. The summed E-state index contributed by atoms with van der Waals surface area (Å²) in [4.78, 5) is 41.5. The Morgan fingerprint density at radius 2 is 1.59 bits per heavy atom. The van der Waals surface area contributed by atoms with Gasteiger partial charge in [0.05, 0.1) is 0 Å². The van der Waals surface area contributed by atoms with Crippen LogP contribution in [-0.4, -0.2) is 47.5 Å². The molecular formula is C33H36FNO5S. The Hall–Kier alpha value is -3.65. The molecule has 0 bridgehead atoms. The van der Waals surface area contributed by atoms with Crippen LogP contribution >= 0.6 is 11.8 Å². The van der Waals surface area contributed by atoms with Gasteiger partial charge in [0.25, 0.3) is 0 Å². The second-order valence-corrected chi connectivity index (χ2v) is 12.0. The van der Waals surface area contributed by atoms with Crippen LogP contribution in [0.4, 0.5) is 9.18 Å². The molecule has 0 radical (unpaired) electrons. The molecule has 1 fully saturated rings. The van der Waals surface area contributed by atoms with Gasteiger partial charge in [-0.25, -0.2) is 9.18 Å². The van der Waals surface area contributed by atoms with Gasteiger partial charge in [-0.2, -0.15) is 0 Å². The number of Topliss-reactive ketones (excluding diaryl/α,β-unsaturated/α-hetero) is 2. The van der Waals surface area contributed by atoms with Crippen LogP contribution in [0, 0.1) is 31.5 Å². The Balaban J connectivity index is 1.59. The summed E-state index contributed by atoms with van der Waals surface area (Å²) in [6.45, 7) is 9.47. The number of likely N-dealkylation sites (tertiary alicyclic amines) is 1. The van der Waals surface area contributed by atoms with Gasteiger partial charge in [-0.15, -0.1) is 11.8 Å². The number of carbonyl (C=O) groups is 3. The lowest BCUT2D eigenvalue weighted by Crippen LogP contribution is -2.36. The van der Waals surface area contributed by atoms with Gasteiger partial charge in [-0.3, -0.25) is 9.59 Å². The molecule has 1 heterocycles. The summed E-state index contributed by atoms with van der Waals surface area (Å²) in [7, 11) is 0. The molecule has 2 atom stereocenters. The monoisotopic (exact) mass is 577 g/mol. The third-order valence-corrected chi connectivity index (χ3v) is 8.40.